The Bertz CT molecular complexity index is 432. The smallest absolute Gasteiger partial charge is 0.339 e. The van der Waals surface area contributed by atoms with Crippen molar-refractivity contribution in [3.05, 3.63) is 35.9 Å². The lowest BCUT2D eigenvalue weighted by Gasteiger charge is -2.23. The van der Waals surface area contributed by atoms with Crippen LogP contribution in [0.15, 0.2) is 30.3 Å². The topological polar surface area (TPSA) is 49.8 Å². The van der Waals surface area contributed by atoms with E-state index in [2.05, 4.69) is 4.90 Å². The Morgan fingerprint density at radius 3 is 2.74 bits per heavy atom. The molecule has 0 aromatic heterocycles. The summed E-state index contributed by atoms with van der Waals surface area (Å²) in [6, 6.07) is 10.0. The Hall–Kier alpha value is -1.39. The SMILES string of the molecule is CC(C)OC(=O)[C@]1(O)CCN(Cc2ccccc2)C1. The van der Waals surface area contributed by atoms with Crippen molar-refractivity contribution in [3.8, 4) is 0 Å². The van der Waals surface area contributed by atoms with Gasteiger partial charge in [-0.15, -0.1) is 0 Å². The number of benzene rings is 1. The van der Waals surface area contributed by atoms with Gasteiger partial charge < -0.3 is 9.84 Å². The van der Waals surface area contributed by atoms with Gasteiger partial charge in [-0.05, 0) is 19.4 Å². The minimum absolute atomic E-state index is 0.195. The molecule has 0 spiro atoms. The first kappa shape index (κ1) is 14.0. The zero-order chi connectivity index (χ0) is 13.9. The van der Waals surface area contributed by atoms with Crippen LogP contribution >= 0.6 is 0 Å². The van der Waals surface area contributed by atoms with Gasteiger partial charge in [-0.3, -0.25) is 4.90 Å². The van der Waals surface area contributed by atoms with Gasteiger partial charge in [-0.25, -0.2) is 4.79 Å². The van der Waals surface area contributed by atoms with Gasteiger partial charge in [-0.1, -0.05) is 30.3 Å². The Morgan fingerprint density at radius 1 is 1.42 bits per heavy atom. The van der Waals surface area contributed by atoms with E-state index in [1.165, 1.54) is 5.56 Å². The van der Waals surface area contributed by atoms with E-state index in [-0.39, 0.29) is 6.10 Å². The summed E-state index contributed by atoms with van der Waals surface area (Å²) in [7, 11) is 0. The summed E-state index contributed by atoms with van der Waals surface area (Å²) in [6.07, 6.45) is 0.241. The van der Waals surface area contributed by atoms with E-state index in [1.807, 2.05) is 30.3 Å². The highest BCUT2D eigenvalue weighted by atomic mass is 16.6. The molecular formula is C15H21NO3. The maximum absolute atomic E-state index is 11.9. The molecule has 104 valence electrons. The summed E-state index contributed by atoms with van der Waals surface area (Å²) >= 11 is 0. The van der Waals surface area contributed by atoms with E-state index in [0.29, 0.717) is 19.5 Å². The highest BCUT2D eigenvalue weighted by Gasteiger charge is 2.44. The molecule has 19 heavy (non-hydrogen) atoms. The molecule has 0 radical (unpaired) electrons. The second-order valence-electron chi connectivity index (χ2n) is 5.43. The van der Waals surface area contributed by atoms with E-state index >= 15 is 0 Å². The van der Waals surface area contributed by atoms with Crippen molar-refractivity contribution in [2.75, 3.05) is 13.1 Å². The number of ether oxygens (including phenoxy) is 1. The average molecular weight is 263 g/mol. The lowest BCUT2D eigenvalue weighted by Crippen LogP contribution is -2.43. The first-order valence-corrected chi connectivity index (χ1v) is 6.69. The maximum atomic E-state index is 11.9. The summed E-state index contributed by atoms with van der Waals surface area (Å²) in [4.78, 5) is 14.0. The Balaban J connectivity index is 1.94. The fourth-order valence-electron chi connectivity index (χ4n) is 2.34. The third kappa shape index (κ3) is 3.55. The largest absolute Gasteiger partial charge is 0.461 e. The number of likely N-dealkylation sites (tertiary alicyclic amines) is 1. The number of nitrogens with zero attached hydrogens (tertiary/aromatic N) is 1. The third-order valence-corrected chi connectivity index (χ3v) is 3.30. The van der Waals surface area contributed by atoms with E-state index in [0.717, 1.165) is 6.54 Å². The van der Waals surface area contributed by atoms with Gasteiger partial charge in [0.25, 0.3) is 0 Å². The summed E-state index contributed by atoms with van der Waals surface area (Å²) in [5, 5.41) is 10.3. The number of hydrogen-bond acceptors (Lipinski definition) is 4. The highest BCUT2D eigenvalue weighted by Crippen LogP contribution is 2.24. The van der Waals surface area contributed by atoms with E-state index in [1.54, 1.807) is 13.8 Å². The number of hydrogen-bond donors (Lipinski definition) is 1. The fraction of sp³-hybridized carbons (Fsp3) is 0.533. The predicted molar refractivity (Wildman–Crippen MR) is 72.5 cm³/mol. The van der Waals surface area contributed by atoms with Gasteiger partial charge in [0.2, 0.25) is 0 Å². The molecule has 1 aromatic carbocycles. The second kappa shape index (κ2) is 5.72. The average Bonchev–Trinajstić information content (AvgIpc) is 2.73. The van der Waals surface area contributed by atoms with Crippen LogP contribution in [0.2, 0.25) is 0 Å². The van der Waals surface area contributed by atoms with E-state index < -0.39 is 11.6 Å². The van der Waals surface area contributed by atoms with Crippen molar-refractivity contribution in [2.45, 2.75) is 38.5 Å². The lowest BCUT2D eigenvalue weighted by atomic mass is 10.0. The van der Waals surface area contributed by atoms with Crippen molar-refractivity contribution in [3.63, 3.8) is 0 Å². The molecule has 4 nitrogen and oxygen atoms in total. The molecule has 0 bridgehead atoms. The fourth-order valence-corrected chi connectivity index (χ4v) is 2.34. The van der Waals surface area contributed by atoms with Gasteiger partial charge in [0.05, 0.1) is 6.10 Å². The number of aliphatic hydroxyl groups is 1. The normalized spacial score (nSPS) is 23.8. The van der Waals surface area contributed by atoms with Crippen LogP contribution in [0.4, 0.5) is 0 Å². The Kier molecular flexibility index (Phi) is 4.22. The first-order valence-electron chi connectivity index (χ1n) is 6.69. The first-order chi connectivity index (χ1) is 8.99. The summed E-state index contributed by atoms with van der Waals surface area (Å²) in [5.41, 5.74) is -0.164. The molecule has 0 saturated carbocycles. The predicted octanol–water partition coefficient (Wildman–Crippen LogP) is 1.57. The van der Waals surface area contributed by atoms with Crippen LogP contribution in [0, 0.1) is 0 Å². The molecule has 0 amide bonds. The van der Waals surface area contributed by atoms with Crippen molar-refractivity contribution < 1.29 is 14.6 Å². The molecule has 1 aliphatic heterocycles. The van der Waals surface area contributed by atoms with E-state index in [4.69, 9.17) is 4.74 Å². The maximum Gasteiger partial charge on any atom is 0.339 e. The number of rotatable bonds is 4. The molecule has 0 unspecified atom stereocenters. The van der Waals surface area contributed by atoms with Crippen LogP contribution in [-0.2, 0) is 16.1 Å². The van der Waals surface area contributed by atoms with Crippen LogP contribution in [-0.4, -0.2) is 40.8 Å². The van der Waals surface area contributed by atoms with Gasteiger partial charge in [0, 0.05) is 26.1 Å². The van der Waals surface area contributed by atoms with Crippen molar-refractivity contribution >= 4 is 5.97 Å². The number of esters is 1. The summed E-state index contributed by atoms with van der Waals surface area (Å²) in [6.45, 7) is 5.38. The zero-order valence-corrected chi connectivity index (χ0v) is 11.5. The van der Waals surface area contributed by atoms with Crippen molar-refractivity contribution in [1.29, 1.82) is 0 Å². The second-order valence-corrected chi connectivity index (χ2v) is 5.43. The van der Waals surface area contributed by atoms with Crippen LogP contribution in [0.3, 0.4) is 0 Å². The molecule has 1 aromatic rings. The summed E-state index contributed by atoms with van der Waals surface area (Å²) in [5.74, 6) is -0.502. The third-order valence-electron chi connectivity index (χ3n) is 3.30. The van der Waals surface area contributed by atoms with Crippen LogP contribution in [0.5, 0.6) is 0 Å². The van der Waals surface area contributed by atoms with Gasteiger partial charge in [0.1, 0.15) is 0 Å². The quantitative estimate of drug-likeness (QED) is 0.838. The molecule has 0 aliphatic carbocycles. The Morgan fingerprint density at radius 2 is 2.11 bits per heavy atom. The number of carbonyl (C=O) groups is 1. The molecule has 1 aliphatic rings. The highest BCUT2D eigenvalue weighted by molar-refractivity contribution is 5.80. The lowest BCUT2D eigenvalue weighted by molar-refractivity contribution is -0.168. The van der Waals surface area contributed by atoms with Gasteiger partial charge in [-0.2, -0.15) is 0 Å². The van der Waals surface area contributed by atoms with Crippen LogP contribution < -0.4 is 0 Å². The van der Waals surface area contributed by atoms with E-state index in [9.17, 15) is 9.90 Å². The monoisotopic (exact) mass is 263 g/mol. The summed E-state index contributed by atoms with van der Waals surface area (Å²) < 4.78 is 5.12. The minimum Gasteiger partial charge on any atom is -0.461 e. The number of carbonyl (C=O) groups excluding carboxylic acids is 1. The molecule has 1 saturated heterocycles. The van der Waals surface area contributed by atoms with Crippen LogP contribution in [0.1, 0.15) is 25.8 Å². The van der Waals surface area contributed by atoms with Crippen molar-refractivity contribution in [1.82, 2.24) is 4.90 Å². The number of β-amino-alcohol motifs (C(OH)–C–C–N with tert-alkyl or cyclic N) is 1. The zero-order valence-electron chi connectivity index (χ0n) is 11.5. The molecule has 2 rings (SSSR count). The molecule has 4 heteroatoms. The van der Waals surface area contributed by atoms with Gasteiger partial charge in [0.15, 0.2) is 5.60 Å². The Labute approximate surface area is 114 Å². The standard InChI is InChI=1S/C15H21NO3/c1-12(2)19-14(17)15(18)8-9-16(11-15)10-13-6-4-3-5-7-13/h3-7,12,18H,8-11H2,1-2H3/t15-/m0/s1. The minimum atomic E-state index is -1.35. The van der Waals surface area contributed by atoms with Crippen LogP contribution in [0.25, 0.3) is 0 Å². The molecular weight excluding hydrogens is 242 g/mol. The molecule has 1 heterocycles. The van der Waals surface area contributed by atoms with Crippen molar-refractivity contribution in [2.24, 2.45) is 0 Å². The molecule has 1 fully saturated rings. The molecule has 1 atom stereocenters. The van der Waals surface area contributed by atoms with Gasteiger partial charge >= 0.3 is 5.97 Å². The molecule has 1 N–H and O–H groups in total.